The van der Waals surface area contributed by atoms with E-state index in [-0.39, 0.29) is 31.3 Å². The number of rotatable bonds is 3. The molecule has 7 heteroatoms. The summed E-state index contributed by atoms with van der Waals surface area (Å²) in [7, 11) is 0. The number of nitrogens with zero attached hydrogens (tertiary/aromatic N) is 1. The van der Waals surface area contributed by atoms with E-state index in [2.05, 4.69) is 17.2 Å². The van der Waals surface area contributed by atoms with Crippen LogP contribution >= 0.6 is 11.6 Å². The van der Waals surface area contributed by atoms with E-state index in [1.54, 1.807) is 6.07 Å². The zero-order valence-corrected chi connectivity index (χ0v) is 17.5. The highest BCUT2D eigenvalue weighted by Crippen LogP contribution is 2.24. The van der Waals surface area contributed by atoms with Crippen LogP contribution in [0.1, 0.15) is 38.3 Å². The summed E-state index contributed by atoms with van der Waals surface area (Å²) in [5.74, 6) is 5.23. The van der Waals surface area contributed by atoms with E-state index in [0.29, 0.717) is 5.02 Å². The Morgan fingerprint density at radius 1 is 1.43 bits per heavy atom. The summed E-state index contributed by atoms with van der Waals surface area (Å²) < 4.78 is 0. The maximum absolute atomic E-state index is 12.7. The number of hydrogen-bond donors (Lipinski definition) is 3. The zero-order chi connectivity index (χ0) is 21.1. The lowest BCUT2D eigenvalue weighted by molar-refractivity contribution is -0.141. The van der Waals surface area contributed by atoms with Crippen LogP contribution in [0.5, 0.6) is 0 Å². The van der Waals surface area contributed by atoms with Crippen molar-refractivity contribution in [2.75, 3.05) is 13.1 Å². The fourth-order valence-corrected chi connectivity index (χ4v) is 3.24. The second-order valence-corrected chi connectivity index (χ2v) is 8.65. The Labute approximate surface area is 171 Å². The van der Waals surface area contributed by atoms with Gasteiger partial charge in [0.2, 0.25) is 11.8 Å². The van der Waals surface area contributed by atoms with E-state index < -0.39 is 23.6 Å². The first kappa shape index (κ1) is 22.2. The lowest BCUT2D eigenvalue weighted by atomic mass is 9.86. The number of aliphatic hydroxyl groups is 1. The first-order chi connectivity index (χ1) is 13.0. The Kier molecular flexibility index (Phi) is 7.11. The third kappa shape index (κ3) is 5.48. The van der Waals surface area contributed by atoms with Crippen LogP contribution in [-0.4, -0.2) is 53.1 Å². The predicted molar refractivity (Wildman–Crippen MR) is 110 cm³/mol. The average Bonchev–Trinajstić information content (AvgIpc) is 2.99. The molecular weight excluding hydrogens is 378 g/mol. The van der Waals surface area contributed by atoms with Gasteiger partial charge in [-0.05, 0) is 36.1 Å². The molecule has 3 atom stereocenters. The molecule has 1 aromatic carbocycles. The first-order valence-corrected chi connectivity index (χ1v) is 9.65. The highest BCUT2D eigenvalue weighted by molar-refractivity contribution is 6.30. The number of likely N-dealkylation sites (tertiary alicyclic amines) is 1. The number of amides is 2. The Balaban J connectivity index is 2.00. The van der Waals surface area contributed by atoms with Crippen LogP contribution in [0.4, 0.5) is 0 Å². The van der Waals surface area contributed by atoms with Gasteiger partial charge in [-0.1, -0.05) is 44.2 Å². The molecule has 1 aliphatic heterocycles. The van der Waals surface area contributed by atoms with Crippen molar-refractivity contribution >= 4 is 23.4 Å². The monoisotopic (exact) mass is 405 g/mol. The van der Waals surface area contributed by atoms with Crippen molar-refractivity contribution in [2.45, 2.75) is 52.3 Å². The summed E-state index contributed by atoms with van der Waals surface area (Å²) in [4.78, 5) is 26.6. The van der Waals surface area contributed by atoms with Crippen molar-refractivity contribution in [2.24, 2.45) is 11.1 Å². The largest absolute Gasteiger partial charge is 0.391 e. The van der Waals surface area contributed by atoms with Crippen molar-refractivity contribution < 1.29 is 14.7 Å². The summed E-state index contributed by atoms with van der Waals surface area (Å²) in [5, 5.41) is 13.3. The highest BCUT2D eigenvalue weighted by Gasteiger charge is 2.42. The van der Waals surface area contributed by atoms with Crippen LogP contribution < -0.4 is 11.1 Å². The second-order valence-electron chi connectivity index (χ2n) is 8.22. The van der Waals surface area contributed by atoms with Crippen molar-refractivity contribution in [1.82, 2.24) is 10.2 Å². The Bertz CT molecular complexity index is 807. The van der Waals surface area contributed by atoms with Crippen LogP contribution in [0.15, 0.2) is 18.2 Å². The number of carbonyl (C=O) groups is 2. The number of β-amino-alcohol motifs (C(OH)–C–C–N with tert-alkyl or cyclic N) is 1. The SMILES string of the molecule is Cc1cc(Cl)ccc1C#CCNC(=O)[C@@H]1C[C@@H](O)CN1C(=O)[C@@H](N)C(C)(C)C. The molecule has 0 aliphatic carbocycles. The molecule has 1 saturated heterocycles. The van der Waals surface area contributed by atoms with E-state index in [9.17, 15) is 14.7 Å². The Morgan fingerprint density at radius 2 is 2.11 bits per heavy atom. The fourth-order valence-electron chi connectivity index (χ4n) is 3.01. The maximum Gasteiger partial charge on any atom is 0.243 e. The molecule has 1 heterocycles. The number of nitrogens with one attached hydrogen (secondary N) is 1. The highest BCUT2D eigenvalue weighted by atomic mass is 35.5. The molecule has 28 heavy (non-hydrogen) atoms. The second kappa shape index (κ2) is 8.95. The van der Waals surface area contributed by atoms with Crippen LogP contribution in [0.25, 0.3) is 0 Å². The van der Waals surface area contributed by atoms with Gasteiger partial charge in [-0.25, -0.2) is 0 Å². The minimum atomic E-state index is -0.749. The van der Waals surface area contributed by atoms with E-state index >= 15 is 0 Å². The van der Waals surface area contributed by atoms with Gasteiger partial charge < -0.3 is 21.1 Å². The van der Waals surface area contributed by atoms with E-state index in [4.69, 9.17) is 17.3 Å². The minimum absolute atomic E-state index is 0.107. The van der Waals surface area contributed by atoms with Crippen LogP contribution in [-0.2, 0) is 9.59 Å². The van der Waals surface area contributed by atoms with E-state index in [0.717, 1.165) is 11.1 Å². The van der Waals surface area contributed by atoms with Crippen molar-refractivity contribution in [3.05, 3.63) is 34.3 Å². The molecule has 2 rings (SSSR count). The van der Waals surface area contributed by atoms with Crippen LogP contribution in [0.2, 0.25) is 5.02 Å². The van der Waals surface area contributed by atoms with Crippen LogP contribution in [0.3, 0.4) is 0 Å². The van der Waals surface area contributed by atoms with E-state index in [1.807, 2.05) is 39.8 Å². The molecule has 0 spiro atoms. The molecule has 0 saturated carbocycles. The quantitative estimate of drug-likeness (QED) is 0.663. The molecule has 0 unspecified atom stereocenters. The van der Waals surface area contributed by atoms with Gasteiger partial charge in [0.25, 0.3) is 0 Å². The van der Waals surface area contributed by atoms with Gasteiger partial charge in [0.15, 0.2) is 0 Å². The zero-order valence-electron chi connectivity index (χ0n) is 16.8. The molecule has 1 fully saturated rings. The van der Waals surface area contributed by atoms with E-state index in [1.165, 1.54) is 4.90 Å². The number of aliphatic hydroxyl groups excluding tert-OH is 1. The summed E-state index contributed by atoms with van der Waals surface area (Å²) in [6.45, 7) is 7.76. The molecule has 6 nitrogen and oxygen atoms in total. The van der Waals surface area contributed by atoms with Gasteiger partial charge in [-0.3, -0.25) is 9.59 Å². The first-order valence-electron chi connectivity index (χ1n) is 9.27. The molecule has 0 aromatic heterocycles. The Morgan fingerprint density at radius 3 is 2.71 bits per heavy atom. The molecular formula is C21H28ClN3O3. The number of halogens is 1. The normalized spacial score (nSPS) is 20.3. The minimum Gasteiger partial charge on any atom is -0.391 e. The van der Waals surface area contributed by atoms with Crippen molar-refractivity contribution in [3.63, 3.8) is 0 Å². The summed E-state index contributed by atoms with van der Waals surface area (Å²) in [5.41, 5.74) is 7.41. The molecule has 0 radical (unpaired) electrons. The Hall–Kier alpha value is -2.07. The van der Waals surface area contributed by atoms with Gasteiger partial charge in [-0.2, -0.15) is 0 Å². The average molecular weight is 406 g/mol. The molecule has 152 valence electrons. The van der Waals surface area contributed by atoms with Gasteiger partial charge in [0.05, 0.1) is 18.7 Å². The van der Waals surface area contributed by atoms with Gasteiger partial charge >= 0.3 is 0 Å². The van der Waals surface area contributed by atoms with Gasteiger partial charge in [0, 0.05) is 23.6 Å². The number of benzene rings is 1. The number of carbonyl (C=O) groups excluding carboxylic acids is 2. The topological polar surface area (TPSA) is 95.7 Å². The lowest BCUT2D eigenvalue weighted by Crippen LogP contribution is -2.55. The summed E-state index contributed by atoms with van der Waals surface area (Å²) in [6, 6.07) is 3.93. The third-order valence-electron chi connectivity index (χ3n) is 4.83. The standard InChI is InChI=1S/C21H28ClN3O3/c1-13-10-15(22)8-7-14(13)6-5-9-24-19(27)17-11-16(26)12-25(17)20(28)18(23)21(2,3)4/h7-8,10,16-18,26H,9,11-12,23H2,1-4H3,(H,24,27)/t16-,17+,18-/m1/s1. The lowest BCUT2D eigenvalue weighted by Gasteiger charge is -2.32. The number of hydrogen-bond acceptors (Lipinski definition) is 4. The third-order valence-corrected chi connectivity index (χ3v) is 5.06. The van der Waals surface area contributed by atoms with Crippen molar-refractivity contribution in [3.8, 4) is 11.8 Å². The molecule has 4 N–H and O–H groups in total. The van der Waals surface area contributed by atoms with Crippen molar-refractivity contribution in [1.29, 1.82) is 0 Å². The number of aryl methyl sites for hydroxylation is 1. The van der Waals surface area contributed by atoms with Gasteiger partial charge in [0.1, 0.15) is 6.04 Å². The number of nitrogens with two attached hydrogens (primary N) is 1. The maximum atomic E-state index is 12.7. The summed E-state index contributed by atoms with van der Waals surface area (Å²) in [6.07, 6.45) is -0.548. The summed E-state index contributed by atoms with van der Waals surface area (Å²) >= 11 is 5.93. The van der Waals surface area contributed by atoms with Crippen LogP contribution in [0, 0.1) is 24.2 Å². The molecule has 1 aliphatic rings. The smallest absolute Gasteiger partial charge is 0.243 e. The molecule has 1 aromatic rings. The predicted octanol–water partition coefficient (Wildman–Crippen LogP) is 1.45. The fraction of sp³-hybridized carbons (Fsp3) is 0.524. The molecule has 2 amide bonds. The molecule has 0 bridgehead atoms. The van der Waals surface area contributed by atoms with Gasteiger partial charge in [-0.15, -0.1) is 0 Å².